The van der Waals surface area contributed by atoms with Crippen molar-refractivity contribution in [3.05, 3.63) is 38.9 Å². The van der Waals surface area contributed by atoms with Crippen LogP contribution >= 0.6 is 0 Å². The van der Waals surface area contributed by atoms with Crippen molar-refractivity contribution >= 4 is 17.0 Å². The van der Waals surface area contributed by atoms with Gasteiger partial charge in [0, 0.05) is 23.5 Å². The summed E-state index contributed by atoms with van der Waals surface area (Å²) in [5.41, 5.74) is -1.72. The second kappa shape index (κ2) is 6.66. The third-order valence-corrected chi connectivity index (χ3v) is 4.94. The molecule has 0 aliphatic carbocycles. The lowest BCUT2D eigenvalue weighted by Crippen LogP contribution is -2.40. The highest BCUT2D eigenvalue weighted by Gasteiger charge is 2.37. The molecule has 130 valence electrons. The van der Waals surface area contributed by atoms with Crippen LogP contribution in [0.5, 0.6) is 0 Å². The van der Waals surface area contributed by atoms with Crippen LogP contribution in [0, 0.1) is 17.0 Å². The Labute approximate surface area is 135 Å². The van der Waals surface area contributed by atoms with Crippen molar-refractivity contribution < 1.29 is 22.6 Å². The molecule has 0 aliphatic heterocycles. The van der Waals surface area contributed by atoms with Gasteiger partial charge in [0.1, 0.15) is 4.75 Å². The second-order valence-corrected chi connectivity index (χ2v) is 8.18. The first kappa shape index (κ1) is 19.7. The van der Waals surface area contributed by atoms with E-state index in [-0.39, 0.29) is 11.1 Å². The lowest BCUT2D eigenvalue weighted by molar-refractivity contribution is -0.385. The van der Waals surface area contributed by atoms with Crippen LogP contribution in [0.4, 0.5) is 18.9 Å². The second-order valence-electron chi connectivity index (χ2n) is 6.18. The van der Waals surface area contributed by atoms with E-state index in [0.29, 0.717) is 6.07 Å². The van der Waals surface area contributed by atoms with Gasteiger partial charge >= 0.3 is 6.18 Å². The molecular weight excluding hydrogens is 333 g/mol. The highest BCUT2D eigenvalue weighted by molar-refractivity contribution is 7.90. The minimum atomic E-state index is -4.70. The average Bonchev–Trinajstić information content (AvgIpc) is 2.35. The van der Waals surface area contributed by atoms with Gasteiger partial charge in [0.25, 0.3) is 5.69 Å². The lowest BCUT2D eigenvalue weighted by Gasteiger charge is -2.27. The predicted molar refractivity (Wildman–Crippen MR) is 82.3 cm³/mol. The first-order valence-corrected chi connectivity index (χ1v) is 7.94. The Bertz CT molecular complexity index is 600. The van der Waals surface area contributed by atoms with E-state index in [4.69, 9.17) is 0 Å². The number of hydrogen-bond donors (Lipinski definition) is 1. The van der Waals surface area contributed by atoms with Crippen LogP contribution in [0.2, 0.25) is 0 Å². The fourth-order valence-electron chi connectivity index (χ4n) is 1.97. The van der Waals surface area contributed by atoms with E-state index in [9.17, 15) is 27.8 Å². The van der Waals surface area contributed by atoms with Gasteiger partial charge in [0.15, 0.2) is 0 Å². The Morgan fingerprint density at radius 3 is 2.17 bits per heavy atom. The van der Waals surface area contributed by atoms with E-state index in [1.807, 2.05) is 0 Å². The number of nitro benzene ring substituents is 1. The third-order valence-electron chi connectivity index (χ3n) is 3.26. The molecule has 0 fully saturated rings. The molecular formula is C14H19F3N2O3S. The summed E-state index contributed by atoms with van der Waals surface area (Å²) in [7, 11) is 0. The molecule has 1 aromatic rings. The lowest BCUT2D eigenvalue weighted by atomic mass is 9.96. The van der Waals surface area contributed by atoms with Gasteiger partial charge in [-0.15, -0.1) is 4.72 Å². The van der Waals surface area contributed by atoms with Crippen molar-refractivity contribution in [2.45, 2.75) is 51.6 Å². The summed E-state index contributed by atoms with van der Waals surface area (Å²) < 4.78 is 53.4. The Morgan fingerprint density at radius 1 is 1.26 bits per heavy atom. The molecule has 0 spiro atoms. The standard InChI is InChI=1S/C14H19F3N2O3S/c1-8-11(9(2)18-23(22)13(3,4)5)6-10(19(20)21)7-12(8)14(15,16)17/h6-7,9,18H,1-5H3. The van der Waals surface area contributed by atoms with Crippen molar-refractivity contribution in [3.63, 3.8) is 0 Å². The molecule has 1 aromatic carbocycles. The first-order chi connectivity index (χ1) is 10.2. The number of rotatable bonds is 4. The summed E-state index contributed by atoms with van der Waals surface area (Å²) in [6, 6.07) is 0.866. The summed E-state index contributed by atoms with van der Waals surface area (Å²) in [5.74, 6) is 0. The molecule has 0 saturated heterocycles. The van der Waals surface area contributed by atoms with Gasteiger partial charge in [-0.3, -0.25) is 10.1 Å². The van der Waals surface area contributed by atoms with Crippen LogP contribution in [0.15, 0.2) is 12.1 Å². The minimum Gasteiger partial charge on any atom is -0.598 e. The van der Waals surface area contributed by atoms with Gasteiger partial charge in [0.05, 0.1) is 16.5 Å². The van der Waals surface area contributed by atoms with E-state index in [1.54, 1.807) is 20.8 Å². The summed E-state index contributed by atoms with van der Waals surface area (Å²) in [4.78, 5) is 10.0. The molecule has 2 unspecified atom stereocenters. The predicted octanol–water partition coefficient (Wildman–Crippen LogP) is 4.03. The van der Waals surface area contributed by atoms with Gasteiger partial charge in [-0.2, -0.15) is 13.2 Å². The van der Waals surface area contributed by atoms with E-state index in [1.165, 1.54) is 13.8 Å². The fourth-order valence-corrected chi connectivity index (χ4v) is 2.77. The molecule has 0 saturated carbocycles. The van der Waals surface area contributed by atoms with Crippen LogP contribution in [-0.2, 0) is 17.5 Å². The molecule has 1 rings (SSSR count). The minimum absolute atomic E-state index is 0.101. The number of hydrogen-bond acceptors (Lipinski definition) is 4. The van der Waals surface area contributed by atoms with Crippen molar-refractivity contribution in [3.8, 4) is 0 Å². The number of nitrogens with one attached hydrogen (secondary N) is 1. The van der Waals surface area contributed by atoms with Crippen molar-refractivity contribution in [2.24, 2.45) is 0 Å². The Balaban J connectivity index is 3.34. The highest BCUT2D eigenvalue weighted by atomic mass is 32.2. The van der Waals surface area contributed by atoms with E-state index in [0.717, 1.165) is 6.07 Å². The Hall–Kier alpha value is -1.32. The quantitative estimate of drug-likeness (QED) is 0.504. The molecule has 1 N–H and O–H groups in total. The number of nitrogens with zero attached hydrogens (tertiary/aromatic N) is 1. The summed E-state index contributed by atoms with van der Waals surface area (Å²) >= 11 is -1.52. The zero-order chi connectivity index (χ0) is 18.2. The number of halogens is 3. The van der Waals surface area contributed by atoms with Crippen molar-refractivity contribution in [2.75, 3.05) is 0 Å². The van der Waals surface area contributed by atoms with Crippen LogP contribution in [0.3, 0.4) is 0 Å². The van der Waals surface area contributed by atoms with Gasteiger partial charge in [-0.05, 0) is 45.7 Å². The Morgan fingerprint density at radius 2 is 1.78 bits per heavy atom. The number of non-ortho nitro benzene ring substituents is 1. The van der Waals surface area contributed by atoms with E-state index >= 15 is 0 Å². The smallest absolute Gasteiger partial charge is 0.416 e. The monoisotopic (exact) mass is 352 g/mol. The maximum atomic E-state index is 13.1. The molecule has 9 heteroatoms. The fraction of sp³-hybridized carbons (Fsp3) is 0.571. The Kier molecular flexibility index (Phi) is 5.71. The summed E-state index contributed by atoms with van der Waals surface area (Å²) in [6.07, 6.45) is -4.70. The van der Waals surface area contributed by atoms with E-state index < -0.39 is 44.5 Å². The molecule has 0 aliphatic rings. The maximum Gasteiger partial charge on any atom is 0.416 e. The van der Waals surface area contributed by atoms with Crippen LogP contribution in [-0.4, -0.2) is 14.2 Å². The zero-order valence-corrected chi connectivity index (χ0v) is 14.3. The zero-order valence-electron chi connectivity index (χ0n) is 13.4. The number of alkyl halides is 3. The van der Waals surface area contributed by atoms with Gasteiger partial charge < -0.3 is 4.55 Å². The van der Waals surface area contributed by atoms with Crippen LogP contribution < -0.4 is 4.72 Å². The average molecular weight is 352 g/mol. The summed E-state index contributed by atoms with van der Waals surface area (Å²) in [6.45, 7) is 7.91. The molecule has 0 radical (unpaired) electrons. The van der Waals surface area contributed by atoms with Crippen molar-refractivity contribution in [1.82, 2.24) is 4.72 Å². The first-order valence-electron chi connectivity index (χ1n) is 6.79. The number of nitro groups is 1. The molecule has 23 heavy (non-hydrogen) atoms. The summed E-state index contributed by atoms with van der Waals surface area (Å²) in [5, 5.41) is 10.9. The van der Waals surface area contributed by atoms with Crippen LogP contribution in [0.25, 0.3) is 0 Å². The molecule has 5 nitrogen and oxygen atoms in total. The van der Waals surface area contributed by atoms with Crippen molar-refractivity contribution in [1.29, 1.82) is 0 Å². The third kappa shape index (κ3) is 4.82. The normalized spacial score (nSPS) is 15.3. The topological polar surface area (TPSA) is 78.2 Å². The molecule has 2 atom stereocenters. The highest BCUT2D eigenvalue weighted by Crippen LogP contribution is 2.37. The van der Waals surface area contributed by atoms with E-state index in [2.05, 4.69) is 4.72 Å². The van der Waals surface area contributed by atoms with Crippen LogP contribution in [0.1, 0.15) is 50.4 Å². The SMILES string of the molecule is Cc1c(C(C)N[S+]([O-])C(C)(C)C)cc([N+](=O)[O-])cc1C(F)(F)F. The molecule has 0 bridgehead atoms. The van der Waals surface area contributed by atoms with Gasteiger partial charge in [0.2, 0.25) is 0 Å². The number of benzene rings is 1. The molecule has 0 heterocycles. The molecule has 0 aromatic heterocycles. The van der Waals surface area contributed by atoms with Gasteiger partial charge in [-0.25, -0.2) is 0 Å². The molecule has 0 amide bonds. The largest absolute Gasteiger partial charge is 0.598 e. The van der Waals surface area contributed by atoms with Gasteiger partial charge in [-0.1, -0.05) is 0 Å². The maximum absolute atomic E-state index is 13.1.